The minimum absolute atomic E-state index is 0.186. The van der Waals surface area contributed by atoms with Crippen LogP contribution in [0.2, 0.25) is 0 Å². The molecule has 0 aliphatic heterocycles. The van der Waals surface area contributed by atoms with Gasteiger partial charge in [-0.25, -0.2) is 0 Å². The summed E-state index contributed by atoms with van der Waals surface area (Å²) in [6, 6.07) is 45.3. The maximum Gasteiger partial charge on any atom is 0.100 e. The highest BCUT2D eigenvalue weighted by molar-refractivity contribution is 9.11. The number of hydrogen-bond donors (Lipinski definition) is 0. The summed E-state index contributed by atoms with van der Waals surface area (Å²) in [5.74, 6) is 0.372. The van der Waals surface area contributed by atoms with Crippen molar-refractivity contribution in [1.82, 2.24) is 0 Å². The Morgan fingerprint density at radius 2 is 0.643 bits per heavy atom. The molecule has 6 aromatic carbocycles. The van der Waals surface area contributed by atoms with Crippen LogP contribution < -0.4 is 0 Å². The number of rotatable bonds is 1. The van der Waals surface area contributed by atoms with Crippen molar-refractivity contribution in [1.29, 1.82) is 0 Å². The highest BCUT2D eigenvalue weighted by Gasteiger charge is 2.47. The van der Waals surface area contributed by atoms with Crippen LogP contribution in [-0.2, 0) is 0 Å². The van der Waals surface area contributed by atoms with Crippen LogP contribution in [-0.4, -0.2) is 0 Å². The maximum absolute atomic E-state index is 4.12. The van der Waals surface area contributed by atoms with Gasteiger partial charge in [-0.05, 0) is 89.0 Å². The highest BCUT2D eigenvalue weighted by Crippen LogP contribution is 2.65. The topological polar surface area (TPSA) is 0 Å². The van der Waals surface area contributed by atoms with Crippen LogP contribution in [0.5, 0.6) is 0 Å². The van der Waals surface area contributed by atoms with E-state index in [1.54, 1.807) is 0 Å². The fourth-order valence-electron chi connectivity index (χ4n) is 8.40. The lowest BCUT2D eigenvalue weighted by molar-refractivity contribution is 0.718. The lowest BCUT2D eigenvalue weighted by Crippen LogP contribution is -2.14. The van der Waals surface area contributed by atoms with E-state index < -0.39 is 0 Å². The molecule has 0 amide bonds. The fourth-order valence-corrected chi connectivity index (χ4v) is 9.94. The van der Waals surface area contributed by atoms with Gasteiger partial charge in [-0.2, -0.15) is 0 Å². The zero-order valence-electron chi connectivity index (χ0n) is 22.5. The molecular formula is C40H22Br2. The molecular weight excluding hydrogens is 640 g/mol. The van der Waals surface area contributed by atoms with Crippen LogP contribution in [0.1, 0.15) is 56.3 Å². The molecule has 0 heterocycles. The second-order valence-electron chi connectivity index (χ2n) is 11.7. The molecule has 0 aromatic heterocycles. The second-order valence-corrected chi connectivity index (χ2v) is 13.3. The van der Waals surface area contributed by atoms with E-state index >= 15 is 0 Å². The SMILES string of the molecule is Br[C]1c2ccccc2-c2ccc3c(c21)[C@H]([C@H]1c2ccccc2-c2ccc4c(c21)[C](Br)c1ccccc1-4)c1ccccc1-3. The van der Waals surface area contributed by atoms with Gasteiger partial charge in [0.2, 0.25) is 0 Å². The van der Waals surface area contributed by atoms with Gasteiger partial charge in [0.15, 0.2) is 0 Å². The molecule has 0 saturated heterocycles. The molecule has 0 bridgehead atoms. The van der Waals surface area contributed by atoms with Crippen molar-refractivity contribution in [3.05, 3.63) is 175 Å². The normalized spacial score (nSPS) is 18.5. The molecule has 0 spiro atoms. The van der Waals surface area contributed by atoms with E-state index in [-0.39, 0.29) is 11.8 Å². The predicted molar refractivity (Wildman–Crippen MR) is 179 cm³/mol. The molecule has 4 aliphatic carbocycles. The van der Waals surface area contributed by atoms with Crippen molar-refractivity contribution < 1.29 is 0 Å². The highest BCUT2D eigenvalue weighted by atomic mass is 79.9. The standard InChI is InChI=1S/C40H22Br2/c41-39-31-15-7-3-11-23(31)29-19-17-27-21-9-1-5-13-25(21)33(35(27)37(29)39)34-26-14-6-2-10-22(26)28-18-20-30-24-12-4-8-16-32(24)40(42)38(30)36(28)34/h1-20,33-34H/t33-,34+. The Morgan fingerprint density at radius 3 is 1.07 bits per heavy atom. The van der Waals surface area contributed by atoms with Crippen molar-refractivity contribution >= 4 is 31.9 Å². The number of fused-ring (bicyclic) bond motifs is 14. The van der Waals surface area contributed by atoms with Gasteiger partial charge >= 0.3 is 0 Å². The summed E-state index contributed by atoms with van der Waals surface area (Å²) < 4.78 is 0. The third-order valence-electron chi connectivity index (χ3n) is 9.96. The van der Waals surface area contributed by atoms with E-state index in [1.807, 2.05) is 0 Å². The largest absolute Gasteiger partial charge is 0.100 e. The van der Waals surface area contributed by atoms with Crippen molar-refractivity contribution in [3.63, 3.8) is 0 Å². The van der Waals surface area contributed by atoms with Crippen LogP contribution in [0.25, 0.3) is 44.5 Å². The number of halogens is 2. The minimum Gasteiger partial charge on any atom is -0.0725 e. The number of benzene rings is 6. The summed E-state index contributed by atoms with van der Waals surface area (Å²) in [5.41, 5.74) is 21.8. The molecule has 0 saturated carbocycles. The molecule has 42 heavy (non-hydrogen) atoms. The monoisotopic (exact) mass is 660 g/mol. The van der Waals surface area contributed by atoms with Gasteiger partial charge in [-0.1, -0.05) is 153 Å². The summed E-state index contributed by atoms with van der Waals surface area (Å²) in [4.78, 5) is 2.43. The van der Waals surface area contributed by atoms with Crippen molar-refractivity contribution in [2.75, 3.05) is 0 Å². The Morgan fingerprint density at radius 1 is 0.310 bits per heavy atom. The summed E-state index contributed by atoms with van der Waals surface area (Å²) in [6.07, 6.45) is 0. The van der Waals surface area contributed by atoms with Gasteiger partial charge in [-0.3, -0.25) is 0 Å². The molecule has 0 nitrogen and oxygen atoms in total. The Kier molecular flexibility index (Phi) is 4.78. The maximum atomic E-state index is 4.12. The first-order valence-corrected chi connectivity index (χ1v) is 16.1. The van der Waals surface area contributed by atoms with Crippen LogP contribution in [0.4, 0.5) is 0 Å². The zero-order chi connectivity index (χ0) is 27.7. The van der Waals surface area contributed by atoms with Crippen LogP contribution >= 0.6 is 31.9 Å². The van der Waals surface area contributed by atoms with Crippen LogP contribution in [0.15, 0.2) is 121 Å². The van der Waals surface area contributed by atoms with Gasteiger partial charge in [0.1, 0.15) is 9.65 Å². The molecule has 0 N–H and O–H groups in total. The number of hydrogen-bond acceptors (Lipinski definition) is 0. The van der Waals surface area contributed by atoms with Gasteiger partial charge in [0, 0.05) is 11.8 Å². The van der Waals surface area contributed by atoms with E-state index in [2.05, 4.69) is 153 Å². The lowest BCUT2D eigenvalue weighted by Gasteiger charge is -2.28. The Labute approximate surface area is 262 Å². The summed E-state index contributed by atoms with van der Waals surface area (Å²) >= 11 is 8.24. The van der Waals surface area contributed by atoms with Gasteiger partial charge in [-0.15, -0.1) is 0 Å². The molecule has 4 aliphatic rings. The fraction of sp³-hybridized carbons (Fsp3) is 0.0500. The van der Waals surface area contributed by atoms with Crippen molar-refractivity contribution in [2.24, 2.45) is 0 Å². The first kappa shape index (κ1) is 23.8. The van der Waals surface area contributed by atoms with E-state index in [1.165, 1.54) is 98.7 Å². The molecule has 196 valence electrons. The lowest BCUT2D eigenvalue weighted by atomic mass is 9.75. The first-order valence-electron chi connectivity index (χ1n) is 14.5. The first-order chi connectivity index (χ1) is 20.7. The van der Waals surface area contributed by atoms with Gasteiger partial charge < -0.3 is 0 Å². The van der Waals surface area contributed by atoms with Crippen molar-refractivity contribution in [3.8, 4) is 44.5 Å². The Balaban J connectivity index is 1.30. The summed E-state index contributed by atoms with van der Waals surface area (Å²) in [5, 5.41) is 0. The average molecular weight is 662 g/mol. The third kappa shape index (κ3) is 2.83. The molecule has 0 fully saturated rings. The van der Waals surface area contributed by atoms with Crippen molar-refractivity contribution in [2.45, 2.75) is 11.8 Å². The molecule has 6 aromatic rings. The van der Waals surface area contributed by atoms with Crippen LogP contribution in [0, 0.1) is 9.65 Å². The summed E-state index contributed by atoms with van der Waals surface area (Å²) in [7, 11) is 0. The Hall–Kier alpha value is -3.72. The second kappa shape index (κ2) is 8.43. The predicted octanol–water partition coefficient (Wildman–Crippen LogP) is 11.2. The van der Waals surface area contributed by atoms with E-state index in [0.29, 0.717) is 0 Å². The summed E-state index contributed by atoms with van der Waals surface area (Å²) in [6.45, 7) is 0. The van der Waals surface area contributed by atoms with Gasteiger partial charge in [0.25, 0.3) is 0 Å². The van der Waals surface area contributed by atoms with E-state index in [9.17, 15) is 0 Å². The molecule has 2 atom stereocenters. The van der Waals surface area contributed by atoms with E-state index in [0.717, 1.165) is 0 Å². The van der Waals surface area contributed by atoms with Crippen LogP contribution in [0.3, 0.4) is 0 Å². The van der Waals surface area contributed by atoms with E-state index in [4.69, 9.17) is 0 Å². The minimum atomic E-state index is 0.186. The molecule has 2 heteroatoms. The Bertz CT molecular complexity index is 2000. The zero-order valence-corrected chi connectivity index (χ0v) is 25.6. The molecule has 10 rings (SSSR count). The molecule has 0 unspecified atom stereocenters. The smallest absolute Gasteiger partial charge is 0.0725 e. The third-order valence-corrected chi connectivity index (χ3v) is 11.6. The quantitative estimate of drug-likeness (QED) is 0.164. The average Bonchev–Trinajstić information content (AvgIpc) is 3.73. The molecule has 2 radical (unpaired) electrons. The van der Waals surface area contributed by atoms with Gasteiger partial charge in [0.05, 0.1) is 0 Å².